The molecular formula is C5H10N4. The minimum absolute atomic E-state index is 0.0741. The van der Waals surface area contributed by atoms with Gasteiger partial charge in [-0.25, -0.2) is 4.99 Å². The summed E-state index contributed by atoms with van der Waals surface area (Å²) in [5.41, 5.74) is 5.27. The van der Waals surface area contributed by atoms with E-state index in [2.05, 4.69) is 4.99 Å². The molecule has 0 rings (SSSR count). The summed E-state index contributed by atoms with van der Waals surface area (Å²) in [6, 6.07) is 0. The standard InChI is InChI=1S/C5H10N4/c1-3(6)5(8)9-4(2)7/h6H,1-2H3,(H3,7,8,9). The summed E-state index contributed by atoms with van der Waals surface area (Å²) in [7, 11) is 0. The number of nitrogens with one attached hydrogen (secondary N) is 2. The highest BCUT2D eigenvalue weighted by atomic mass is 14.9. The van der Waals surface area contributed by atoms with Crippen LogP contribution >= 0.6 is 0 Å². The van der Waals surface area contributed by atoms with E-state index in [1.807, 2.05) is 0 Å². The third-order valence-corrected chi connectivity index (χ3v) is 0.643. The Hall–Kier alpha value is -1.19. The molecule has 0 fully saturated rings. The number of amidine groups is 2. The number of hydrogen-bond donors (Lipinski definition) is 3. The summed E-state index contributed by atoms with van der Waals surface area (Å²) in [6.45, 7) is 3.08. The molecule has 4 heteroatoms. The van der Waals surface area contributed by atoms with Crippen molar-refractivity contribution >= 4 is 17.4 Å². The lowest BCUT2D eigenvalue weighted by Crippen LogP contribution is -2.12. The first-order valence-electron chi connectivity index (χ1n) is 2.49. The Bertz CT molecular complexity index is 164. The van der Waals surface area contributed by atoms with Crippen LogP contribution in [0.15, 0.2) is 4.99 Å². The molecule has 0 bridgehead atoms. The summed E-state index contributed by atoms with van der Waals surface area (Å²) in [5, 5.41) is 13.9. The van der Waals surface area contributed by atoms with Gasteiger partial charge in [-0.05, 0) is 13.8 Å². The summed E-state index contributed by atoms with van der Waals surface area (Å²) < 4.78 is 0. The van der Waals surface area contributed by atoms with Gasteiger partial charge in [-0.3, -0.25) is 5.41 Å². The van der Waals surface area contributed by atoms with Crippen LogP contribution in [-0.2, 0) is 0 Å². The number of hydrogen-bond acceptors (Lipinski definition) is 2. The first-order chi connectivity index (χ1) is 4.04. The summed E-state index contributed by atoms with van der Waals surface area (Å²) in [6.07, 6.45) is 0. The fourth-order valence-electron chi connectivity index (χ4n) is 0.260. The topological polar surface area (TPSA) is 86.1 Å². The summed E-state index contributed by atoms with van der Waals surface area (Å²) >= 11 is 0. The average molecular weight is 126 g/mol. The first-order valence-corrected chi connectivity index (χ1v) is 2.49. The van der Waals surface area contributed by atoms with Crippen LogP contribution in [0.2, 0.25) is 0 Å². The molecule has 0 atom stereocenters. The van der Waals surface area contributed by atoms with E-state index >= 15 is 0 Å². The second-order valence-corrected chi connectivity index (χ2v) is 1.73. The van der Waals surface area contributed by atoms with Crippen molar-refractivity contribution in [3.8, 4) is 0 Å². The van der Waals surface area contributed by atoms with E-state index in [0.717, 1.165) is 0 Å². The molecule has 0 amide bonds. The molecule has 0 aliphatic rings. The molecule has 50 valence electrons. The Kier molecular flexibility index (Phi) is 2.57. The van der Waals surface area contributed by atoms with Gasteiger partial charge in [-0.2, -0.15) is 0 Å². The van der Waals surface area contributed by atoms with Crippen molar-refractivity contribution in [3.63, 3.8) is 0 Å². The number of nitrogens with zero attached hydrogens (tertiary/aromatic N) is 1. The molecule has 0 saturated heterocycles. The SMILES string of the molecule is CC(=N)C(=N)N=C(C)N. The Labute approximate surface area is 53.8 Å². The maximum absolute atomic E-state index is 6.98. The lowest BCUT2D eigenvalue weighted by Gasteiger charge is -1.91. The van der Waals surface area contributed by atoms with Gasteiger partial charge in [0.1, 0.15) is 0 Å². The Morgan fingerprint density at radius 1 is 1.33 bits per heavy atom. The smallest absolute Gasteiger partial charge is 0.167 e. The molecule has 0 radical (unpaired) electrons. The zero-order valence-corrected chi connectivity index (χ0v) is 5.52. The predicted molar refractivity (Wildman–Crippen MR) is 38.4 cm³/mol. The Morgan fingerprint density at radius 2 is 1.78 bits per heavy atom. The van der Waals surface area contributed by atoms with Crippen molar-refractivity contribution in [2.75, 3.05) is 0 Å². The molecule has 0 aliphatic carbocycles. The largest absolute Gasteiger partial charge is 0.387 e. The van der Waals surface area contributed by atoms with Crippen LogP contribution < -0.4 is 5.73 Å². The van der Waals surface area contributed by atoms with Crippen molar-refractivity contribution in [2.24, 2.45) is 10.7 Å². The van der Waals surface area contributed by atoms with Crippen molar-refractivity contribution in [1.82, 2.24) is 0 Å². The second-order valence-electron chi connectivity index (χ2n) is 1.73. The van der Waals surface area contributed by atoms with Crippen LogP contribution in [0.5, 0.6) is 0 Å². The normalized spacial score (nSPS) is 11.1. The highest BCUT2D eigenvalue weighted by molar-refractivity contribution is 6.39. The molecule has 0 spiro atoms. The third kappa shape index (κ3) is 3.40. The monoisotopic (exact) mass is 126 g/mol. The predicted octanol–water partition coefficient (Wildman–Crippen LogP) is 0.380. The molecule has 0 aliphatic heterocycles. The fraction of sp³-hybridized carbons (Fsp3) is 0.400. The molecule has 0 aromatic carbocycles. The average Bonchev–Trinajstić information content (AvgIpc) is 1.63. The van der Waals surface area contributed by atoms with E-state index in [1.165, 1.54) is 6.92 Å². The zero-order valence-electron chi connectivity index (χ0n) is 5.52. The van der Waals surface area contributed by atoms with Crippen LogP contribution in [0.4, 0.5) is 0 Å². The van der Waals surface area contributed by atoms with Crippen LogP contribution in [0.1, 0.15) is 13.8 Å². The van der Waals surface area contributed by atoms with Gasteiger partial charge >= 0.3 is 0 Å². The lowest BCUT2D eigenvalue weighted by molar-refractivity contribution is 1.40. The molecule has 0 aromatic rings. The van der Waals surface area contributed by atoms with Gasteiger partial charge < -0.3 is 11.1 Å². The van der Waals surface area contributed by atoms with Crippen LogP contribution in [0.25, 0.3) is 0 Å². The lowest BCUT2D eigenvalue weighted by atomic mass is 10.4. The Morgan fingerprint density at radius 3 is 1.89 bits per heavy atom. The summed E-state index contributed by atoms with van der Waals surface area (Å²) in [4.78, 5) is 3.53. The molecule has 4 nitrogen and oxygen atoms in total. The molecule has 0 aromatic heterocycles. The first kappa shape index (κ1) is 7.81. The van der Waals surface area contributed by atoms with Gasteiger partial charge in [0.25, 0.3) is 0 Å². The maximum Gasteiger partial charge on any atom is 0.167 e. The van der Waals surface area contributed by atoms with E-state index in [-0.39, 0.29) is 11.5 Å². The van der Waals surface area contributed by atoms with Crippen LogP contribution in [0, 0.1) is 10.8 Å². The molecule has 0 saturated carbocycles. The van der Waals surface area contributed by atoms with Gasteiger partial charge in [-0.1, -0.05) is 0 Å². The summed E-state index contributed by atoms with van der Waals surface area (Å²) in [5.74, 6) is 0.238. The van der Waals surface area contributed by atoms with Crippen molar-refractivity contribution in [2.45, 2.75) is 13.8 Å². The van der Waals surface area contributed by atoms with Crippen molar-refractivity contribution in [3.05, 3.63) is 0 Å². The highest BCUT2D eigenvalue weighted by Gasteiger charge is 1.93. The second kappa shape index (κ2) is 2.96. The zero-order chi connectivity index (χ0) is 7.44. The maximum atomic E-state index is 6.98. The molecule has 0 heterocycles. The van der Waals surface area contributed by atoms with Crippen LogP contribution in [0.3, 0.4) is 0 Å². The molecule has 0 unspecified atom stereocenters. The van der Waals surface area contributed by atoms with E-state index in [9.17, 15) is 0 Å². The van der Waals surface area contributed by atoms with E-state index < -0.39 is 0 Å². The number of rotatable bonds is 1. The van der Waals surface area contributed by atoms with Gasteiger partial charge in [0.2, 0.25) is 0 Å². The number of aliphatic imine (C=N–C) groups is 1. The van der Waals surface area contributed by atoms with E-state index in [1.54, 1.807) is 6.92 Å². The molecule has 4 N–H and O–H groups in total. The van der Waals surface area contributed by atoms with Crippen LogP contribution in [-0.4, -0.2) is 17.4 Å². The van der Waals surface area contributed by atoms with Crippen molar-refractivity contribution < 1.29 is 0 Å². The Balaban J connectivity index is 4.09. The van der Waals surface area contributed by atoms with Gasteiger partial charge in [-0.15, -0.1) is 0 Å². The minimum Gasteiger partial charge on any atom is -0.387 e. The highest BCUT2D eigenvalue weighted by Crippen LogP contribution is 1.78. The van der Waals surface area contributed by atoms with Crippen molar-refractivity contribution in [1.29, 1.82) is 10.8 Å². The van der Waals surface area contributed by atoms with E-state index in [0.29, 0.717) is 5.84 Å². The van der Waals surface area contributed by atoms with Gasteiger partial charge in [0.15, 0.2) is 5.84 Å². The van der Waals surface area contributed by atoms with E-state index in [4.69, 9.17) is 16.6 Å². The molecular weight excluding hydrogens is 116 g/mol. The number of nitrogens with two attached hydrogens (primary N) is 1. The fourth-order valence-corrected chi connectivity index (χ4v) is 0.260. The molecule has 9 heavy (non-hydrogen) atoms. The minimum atomic E-state index is -0.0741. The van der Waals surface area contributed by atoms with Gasteiger partial charge in [0.05, 0.1) is 11.5 Å². The quantitative estimate of drug-likeness (QED) is 0.344. The van der Waals surface area contributed by atoms with Gasteiger partial charge in [0, 0.05) is 0 Å². The third-order valence-electron chi connectivity index (χ3n) is 0.643.